The number of esters is 1. The first kappa shape index (κ1) is 17.2. The molecule has 0 saturated carbocycles. The van der Waals surface area contributed by atoms with Crippen LogP contribution >= 0.6 is 0 Å². The van der Waals surface area contributed by atoms with E-state index in [1.807, 2.05) is 0 Å². The highest BCUT2D eigenvalue weighted by atomic mass is 19.1. The minimum absolute atomic E-state index is 0.226. The molecular formula is C17H22FNO4. The van der Waals surface area contributed by atoms with Crippen LogP contribution in [-0.4, -0.2) is 42.8 Å². The Morgan fingerprint density at radius 2 is 1.78 bits per heavy atom. The fourth-order valence-corrected chi connectivity index (χ4v) is 2.72. The highest BCUT2D eigenvalue weighted by Crippen LogP contribution is 2.34. The largest absolute Gasteiger partial charge is 0.469 e. The van der Waals surface area contributed by atoms with Crippen molar-refractivity contribution >= 4 is 12.1 Å². The summed E-state index contributed by atoms with van der Waals surface area (Å²) in [6.45, 7) is 5.92. The van der Waals surface area contributed by atoms with E-state index in [1.165, 1.54) is 24.1 Å². The van der Waals surface area contributed by atoms with Gasteiger partial charge in [0.15, 0.2) is 0 Å². The molecule has 0 bridgehead atoms. The third-order valence-corrected chi connectivity index (χ3v) is 3.77. The van der Waals surface area contributed by atoms with E-state index in [2.05, 4.69) is 0 Å². The number of methoxy groups -OCH3 is 1. The van der Waals surface area contributed by atoms with Crippen LogP contribution in [0.5, 0.6) is 0 Å². The van der Waals surface area contributed by atoms with E-state index in [-0.39, 0.29) is 24.2 Å². The van der Waals surface area contributed by atoms with Gasteiger partial charge < -0.3 is 14.4 Å². The number of amides is 1. The average Bonchev–Trinajstić information content (AvgIpc) is 2.91. The number of benzene rings is 1. The molecule has 2 rings (SSSR count). The molecule has 1 saturated heterocycles. The summed E-state index contributed by atoms with van der Waals surface area (Å²) in [5, 5.41) is 0. The van der Waals surface area contributed by atoms with Gasteiger partial charge in [0.2, 0.25) is 0 Å². The lowest BCUT2D eigenvalue weighted by molar-refractivity contribution is -0.145. The van der Waals surface area contributed by atoms with E-state index >= 15 is 0 Å². The molecule has 126 valence electrons. The van der Waals surface area contributed by atoms with Crippen LogP contribution in [0.3, 0.4) is 0 Å². The number of hydrogen-bond donors (Lipinski definition) is 0. The summed E-state index contributed by atoms with van der Waals surface area (Å²) in [6, 6.07) is 5.96. The summed E-state index contributed by atoms with van der Waals surface area (Å²) in [5.74, 6) is -1.45. The quantitative estimate of drug-likeness (QED) is 0.785. The third-order valence-electron chi connectivity index (χ3n) is 3.77. The molecule has 1 amide bonds. The topological polar surface area (TPSA) is 55.8 Å². The zero-order chi connectivity index (χ0) is 17.2. The monoisotopic (exact) mass is 323 g/mol. The molecule has 0 aromatic heterocycles. The Hall–Kier alpha value is -2.11. The summed E-state index contributed by atoms with van der Waals surface area (Å²) in [5.41, 5.74) is 0.194. The van der Waals surface area contributed by atoms with Gasteiger partial charge in [0.25, 0.3) is 0 Å². The molecule has 0 aliphatic carbocycles. The maximum absolute atomic E-state index is 13.1. The van der Waals surface area contributed by atoms with E-state index in [4.69, 9.17) is 9.47 Å². The maximum Gasteiger partial charge on any atom is 0.410 e. The van der Waals surface area contributed by atoms with E-state index < -0.39 is 17.6 Å². The summed E-state index contributed by atoms with van der Waals surface area (Å²) >= 11 is 0. The van der Waals surface area contributed by atoms with Crippen molar-refractivity contribution in [3.63, 3.8) is 0 Å². The zero-order valence-corrected chi connectivity index (χ0v) is 13.8. The lowest BCUT2D eigenvalue weighted by Gasteiger charge is -2.24. The Kier molecular flexibility index (Phi) is 4.92. The molecule has 5 nitrogen and oxygen atoms in total. The van der Waals surface area contributed by atoms with Crippen molar-refractivity contribution in [1.29, 1.82) is 0 Å². The van der Waals surface area contributed by atoms with Gasteiger partial charge in [-0.3, -0.25) is 4.79 Å². The number of rotatable bonds is 2. The number of nitrogens with zero attached hydrogens (tertiary/aromatic N) is 1. The third kappa shape index (κ3) is 4.21. The second-order valence-electron chi connectivity index (χ2n) is 6.67. The van der Waals surface area contributed by atoms with Crippen LogP contribution in [0.1, 0.15) is 32.3 Å². The number of halogens is 1. The average molecular weight is 323 g/mol. The molecule has 0 N–H and O–H groups in total. The van der Waals surface area contributed by atoms with Gasteiger partial charge in [-0.05, 0) is 38.5 Å². The molecule has 1 aromatic carbocycles. The van der Waals surface area contributed by atoms with Crippen LogP contribution in [0.25, 0.3) is 0 Å². The van der Waals surface area contributed by atoms with E-state index in [0.29, 0.717) is 6.54 Å². The second-order valence-corrected chi connectivity index (χ2v) is 6.67. The lowest BCUT2D eigenvalue weighted by Crippen LogP contribution is -2.36. The summed E-state index contributed by atoms with van der Waals surface area (Å²) < 4.78 is 23.3. The van der Waals surface area contributed by atoms with Gasteiger partial charge in [0.05, 0.1) is 13.0 Å². The Labute approximate surface area is 135 Å². The summed E-state index contributed by atoms with van der Waals surface area (Å²) in [4.78, 5) is 25.8. The standard InChI is InChI=1S/C17H22FNO4/c1-17(2,3)23-16(21)19-9-13(14(10-19)15(20)22-4)11-5-7-12(18)8-6-11/h5-8,13-14H,9-10H2,1-4H3/t13-,14+/m1/s1. The van der Waals surface area contributed by atoms with Gasteiger partial charge in [-0.2, -0.15) is 0 Å². The van der Waals surface area contributed by atoms with Gasteiger partial charge in [-0.25, -0.2) is 9.18 Å². The SMILES string of the molecule is COC(=O)[C@H]1CN(C(=O)OC(C)(C)C)C[C@@H]1c1ccc(F)cc1. The number of hydrogen-bond acceptors (Lipinski definition) is 4. The first-order valence-corrected chi connectivity index (χ1v) is 7.52. The first-order valence-electron chi connectivity index (χ1n) is 7.52. The lowest BCUT2D eigenvalue weighted by atomic mass is 9.89. The molecule has 0 radical (unpaired) electrons. The number of carbonyl (C=O) groups excluding carboxylic acids is 2. The molecule has 1 aliphatic heterocycles. The number of likely N-dealkylation sites (tertiary alicyclic amines) is 1. The van der Waals surface area contributed by atoms with Gasteiger partial charge >= 0.3 is 12.1 Å². The van der Waals surface area contributed by atoms with Crippen LogP contribution in [0.15, 0.2) is 24.3 Å². The maximum atomic E-state index is 13.1. The van der Waals surface area contributed by atoms with Crippen LogP contribution in [-0.2, 0) is 14.3 Å². The smallest absolute Gasteiger partial charge is 0.410 e. The molecule has 6 heteroatoms. The molecule has 1 aliphatic rings. The Balaban J connectivity index is 2.20. The predicted molar refractivity (Wildman–Crippen MR) is 82.5 cm³/mol. The van der Waals surface area contributed by atoms with Gasteiger partial charge in [-0.15, -0.1) is 0 Å². The van der Waals surface area contributed by atoms with Gasteiger partial charge in [-0.1, -0.05) is 12.1 Å². The number of ether oxygens (including phenoxy) is 2. The van der Waals surface area contributed by atoms with Crippen LogP contribution in [0.4, 0.5) is 9.18 Å². The van der Waals surface area contributed by atoms with Gasteiger partial charge in [0, 0.05) is 19.0 Å². The summed E-state index contributed by atoms with van der Waals surface area (Å²) in [7, 11) is 1.32. The fourth-order valence-electron chi connectivity index (χ4n) is 2.72. The normalized spacial score (nSPS) is 21.2. The molecule has 2 atom stereocenters. The second kappa shape index (κ2) is 6.56. The van der Waals surface area contributed by atoms with Gasteiger partial charge in [0.1, 0.15) is 11.4 Å². The molecule has 0 spiro atoms. The molecule has 1 fully saturated rings. The molecular weight excluding hydrogens is 301 g/mol. The van der Waals surface area contributed by atoms with E-state index in [0.717, 1.165) is 5.56 Å². The summed E-state index contributed by atoms with van der Waals surface area (Å²) in [6.07, 6.45) is -0.462. The van der Waals surface area contributed by atoms with E-state index in [1.54, 1.807) is 32.9 Å². The Bertz CT molecular complexity index is 579. The minimum atomic E-state index is -0.605. The number of carbonyl (C=O) groups is 2. The molecule has 1 heterocycles. The van der Waals surface area contributed by atoms with Crippen LogP contribution < -0.4 is 0 Å². The van der Waals surface area contributed by atoms with Crippen molar-refractivity contribution in [2.45, 2.75) is 32.3 Å². The van der Waals surface area contributed by atoms with Crippen molar-refractivity contribution < 1.29 is 23.5 Å². The minimum Gasteiger partial charge on any atom is -0.469 e. The van der Waals surface area contributed by atoms with E-state index in [9.17, 15) is 14.0 Å². The van der Waals surface area contributed by atoms with Crippen molar-refractivity contribution in [1.82, 2.24) is 4.90 Å². The Morgan fingerprint density at radius 1 is 1.17 bits per heavy atom. The molecule has 1 aromatic rings. The molecule has 0 unspecified atom stereocenters. The zero-order valence-electron chi connectivity index (χ0n) is 13.8. The van der Waals surface area contributed by atoms with Crippen molar-refractivity contribution in [2.24, 2.45) is 5.92 Å². The molecule has 23 heavy (non-hydrogen) atoms. The van der Waals surface area contributed by atoms with Crippen molar-refractivity contribution in [3.05, 3.63) is 35.6 Å². The predicted octanol–water partition coefficient (Wildman–Crippen LogP) is 2.95. The Morgan fingerprint density at radius 3 is 2.30 bits per heavy atom. The first-order chi connectivity index (χ1) is 10.7. The van der Waals surface area contributed by atoms with Crippen LogP contribution in [0, 0.1) is 11.7 Å². The van der Waals surface area contributed by atoms with Crippen molar-refractivity contribution in [3.8, 4) is 0 Å². The highest BCUT2D eigenvalue weighted by Gasteiger charge is 2.42. The fraction of sp³-hybridized carbons (Fsp3) is 0.529. The van der Waals surface area contributed by atoms with Crippen molar-refractivity contribution in [2.75, 3.05) is 20.2 Å². The highest BCUT2D eigenvalue weighted by molar-refractivity contribution is 5.77. The van der Waals surface area contributed by atoms with Crippen LogP contribution in [0.2, 0.25) is 0 Å².